The largest absolute Gasteiger partial charge is 0.493 e. The van der Waals surface area contributed by atoms with Gasteiger partial charge in [0.1, 0.15) is 12.4 Å². The Kier molecular flexibility index (Phi) is 6.78. The summed E-state index contributed by atoms with van der Waals surface area (Å²) < 4.78 is 46.2. The number of alkyl halides is 3. The number of ether oxygens (including phenoxy) is 2. The number of hydrogen-bond donors (Lipinski definition) is 1. The minimum absolute atomic E-state index is 0.0302. The van der Waals surface area contributed by atoms with E-state index in [1.165, 1.54) is 0 Å². The van der Waals surface area contributed by atoms with Crippen LogP contribution in [-0.2, 0) is 4.74 Å². The van der Waals surface area contributed by atoms with Crippen molar-refractivity contribution in [2.24, 2.45) is 0 Å². The van der Waals surface area contributed by atoms with Crippen molar-refractivity contribution in [3.8, 4) is 5.75 Å². The smallest absolute Gasteiger partial charge is 0.411 e. The van der Waals surface area contributed by atoms with Crippen molar-refractivity contribution in [1.29, 1.82) is 0 Å². The van der Waals surface area contributed by atoms with E-state index in [4.69, 9.17) is 4.74 Å². The molecule has 1 unspecified atom stereocenters. The summed E-state index contributed by atoms with van der Waals surface area (Å²) in [5.74, 6) is 0.505. The highest BCUT2D eigenvalue weighted by Gasteiger charge is 2.27. The van der Waals surface area contributed by atoms with Crippen molar-refractivity contribution < 1.29 is 27.8 Å². The summed E-state index contributed by atoms with van der Waals surface area (Å²) in [5.41, 5.74) is 0.629. The number of aliphatic hydroxyl groups excluding tert-OH is 1. The minimum atomic E-state index is -4.30. The third kappa shape index (κ3) is 6.58. The Morgan fingerprint density at radius 1 is 1.30 bits per heavy atom. The average Bonchev–Trinajstić information content (AvgIpc) is 2.32. The molecular formula is C13H16BrF3O3. The lowest BCUT2D eigenvalue weighted by Crippen LogP contribution is -2.18. The molecule has 0 aliphatic heterocycles. The highest BCUT2D eigenvalue weighted by atomic mass is 79.9. The Morgan fingerprint density at radius 2 is 2.00 bits per heavy atom. The fourth-order valence-electron chi connectivity index (χ4n) is 1.51. The monoisotopic (exact) mass is 356 g/mol. The molecule has 1 rings (SSSR count). The van der Waals surface area contributed by atoms with Crippen LogP contribution in [0.2, 0.25) is 0 Å². The predicted octanol–water partition coefficient (Wildman–Crippen LogP) is 3.85. The van der Waals surface area contributed by atoms with Gasteiger partial charge in [-0.2, -0.15) is 13.2 Å². The van der Waals surface area contributed by atoms with Crippen LogP contribution < -0.4 is 4.74 Å². The molecule has 1 aromatic rings. The van der Waals surface area contributed by atoms with Gasteiger partial charge in [0.25, 0.3) is 0 Å². The van der Waals surface area contributed by atoms with Gasteiger partial charge in [-0.3, -0.25) is 0 Å². The Labute approximate surface area is 123 Å². The van der Waals surface area contributed by atoms with Gasteiger partial charge in [0.05, 0.1) is 19.3 Å². The van der Waals surface area contributed by atoms with Crippen LogP contribution in [0.15, 0.2) is 22.7 Å². The second-order valence-corrected chi connectivity index (χ2v) is 5.14. The topological polar surface area (TPSA) is 38.7 Å². The fraction of sp³-hybridized carbons (Fsp3) is 0.538. The van der Waals surface area contributed by atoms with Crippen LogP contribution in [0, 0.1) is 0 Å². The summed E-state index contributed by atoms with van der Waals surface area (Å²) in [6.07, 6.45) is -4.65. The number of benzene rings is 1. The van der Waals surface area contributed by atoms with E-state index in [1.807, 2.05) is 0 Å². The van der Waals surface area contributed by atoms with Gasteiger partial charge < -0.3 is 14.6 Å². The molecule has 0 saturated heterocycles. The van der Waals surface area contributed by atoms with Crippen LogP contribution in [0.3, 0.4) is 0 Å². The third-order valence-electron chi connectivity index (χ3n) is 2.38. The lowest BCUT2D eigenvalue weighted by Gasteiger charge is -2.14. The van der Waals surface area contributed by atoms with E-state index in [9.17, 15) is 18.3 Å². The van der Waals surface area contributed by atoms with E-state index in [1.54, 1.807) is 25.1 Å². The Balaban J connectivity index is 2.37. The molecule has 7 heteroatoms. The molecule has 0 saturated carbocycles. The van der Waals surface area contributed by atoms with E-state index in [0.717, 1.165) is 4.47 Å². The number of hydrogen-bond acceptors (Lipinski definition) is 3. The van der Waals surface area contributed by atoms with Gasteiger partial charge in [0.2, 0.25) is 0 Å². The number of aliphatic hydroxyl groups is 1. The normalized spacial score (nSPS) is 13.3. The van der Waals surface area contributed by atoms with Crippen molar-refractivity contribution in [2.75, 3.05) is 19.8 Å². The number of halogens is 4. The van der Waals surface area contributed by atoms with Crippen LogP contribution in [0.1, 0.15) is 25.0 Å². The molecule has 0 aliphatic carbocycles. The van der Waals surface area contributed by atoms with Crippen molar-refractivity contribution in [3.63, 3.8) is 0 Å². The van der Waals surface area contributed by atoms with Gasteiger partial charge in [-0.25, -0.2) is 0 Å². The highest BCUT2D eigenvalue weighted by molar-refractivity contribution is 9.10. The summed E-state index contributed by atoms with van der Waals surface area (Å²) in [4.78, 5) is 0. The van der Waals surface area contributed by atoms with Crippen LogP contribution in [0.25, 0.3) is 0 Å². The molecule has 1 aromatic carbocycles. The van der Waals surface area contributed by atoms with Gasteiger partial charge in [-0.05, 0) is 19.1 Å². The first-order chi connectivity index (χ1) is 9.29. The van der Waals surface area contributed by atoms with Gasteiger partial charge in [0.15, 0.2) is 0 Å². The molecule has 0 amide bonds. The molecule has 0 heterocycles. The van der Waals surface area contributed by atoms with Gasteiger partial charge >= 0.3 is 6.18 Å². The van der Waals surface area contributed by atoms with Crippen molar-refractivity contribution >= 4 is 15.9 Å². The van der Waals surface area contributed by atoms with E-state index >= 15 is 0 Å². The molecule has 3 nitrogen and oxygen atoms in total. The Bertz CT molecular complexity index is 422. The first-order valence-corrected chi connectivity index (χ1v) is 6.83. The molecule has 0 spiro atoms. The zero-order valence-corrected chi connectivity index (χ0v) is 12.5. The molecule has 114 valence electrons. The molecule has 1 atom stereocenters. The highest BCUT2D eigenvalue weighted by Crippen LogP contribution is 2.28. The quantitative estimate of drug-likeness (QED) is 0.754. The zero-order valence-electron chi connectivity index (χ0n) is 10.9. The summed E-state index contributed by atoms with van der Waals surface area (Å²) in [6.45, 7) is 0.552. The average molecular weight is 357 g/mol. The second-order valence-electron chi connectivity index (χ2n) is 4.23. The molecule has 0 aliphatic rings. The van der Waals surface area contributed by atoms with E-state index in [2.05, 4.69) is 20.7 Å². The first-order valence-electron chi connectivity index (χ1n) is 6.04. The molecular weight excluding hydrogens is 341 g/mol. The Hall–Kier alpha value is -0.790. The van der Waals surface area contributed by atoms with Crippen molar-refractivity contribution in [2.45, 2.75) is 25.6 Å². The lowest BCUT2D eigenvalue weighted by atomic mass is 10.1. The van der Waals surface area contributed by atoms with Gasteiger partial charge in [-0.15, -0.1) is 0 Å². The lowest BCUT2D eigenvalue weighted by molar-refractivity contribution is -0.174. The summed E-state index contributed by atoms with van der Waals surface area (Å²) in [7, 11) is 0. The molecule has 0 bridgehead atoms. The summed E-state index contributed by atoms with van der Waals surface area (Å²) in [6, 6.07) is 5.21. The summed E-state index contributed by atoms with van der Waals surface area (Å²) in [5, 5.41) is 9.58. The van der Waals surface area contributed by atoms with E-state index in [-0.39, 0.29) is 13.2 Å². The van der Waals surface area contributed by atoms with Crippen LogP contribution in [-0.4, -0.2) is 31.1 Å². The predicted molar refractivity (Wildman–Crippen MR) is 71.8 cm³/mol. The molecule has 1 N–H and O–H groups in total. The number of rotatable bonds is 7. The van der Waals surface area contributed by atoms with Gasteiger partial charge in [-0.1, -0.05) is 22.0 Å². The fourth-order valence-corrected chi connectivity index (χ4v) is 1.85. The maximum absolute atomic E-state index is 11.8. The van der Waals surface area contributed by atoms with Crippen LogP contribution >= 0.6 is 15.9 Å². The maximum atomic E-state index is 11.8. The SMILES string of the molecule is CC(O)c1ccc(Br)cc1OCCCOCC(F)(F)F. The molecule has 0 radical (unpaired) electrons. The van der Waals surface area contributed by atoms with Crippen LogP contribution in [0.4, 0.5) is 13.2 Å². The van der Waals surface area contributed by atoms with E-state index in [0.29, 0.717) is 17.7 Å². The zero-order chi connectivity index (χ0) is 15.2. The molecule has 0 aromatic heterocycles. The summed E-state index contributed by atoms with van der Waals surface area (Å²) >= 11 is 3.29. The minimum Gasteiger partial charge on any atom is -0.493 e. The van der Waals surface area contributed by atoms with Crippen molar-refractivity contribution in [3.05, 3.63) is 28.2 Å². The van der Waals surface area contributed by atoms with Gasteiger partial charge in [0, 0.05) is 16.5 Å². The standard InChI is InChI=1S/C13H16BrF3O3/c1-9(18)11-4-3-10(14)7-12(11)20-6-2-5-19-8-13(15,16)17/h3-4,7,9,18H,2,5-6,8H2,1H3. The molecule has 0 fully saturated rings. The second kappa shape index (κ2) is 7.85. The maximum Gasteiger partial charge on any atom is 0.411 e. The van der Waals surface area contributed by atoms with Crippen LogP contribution in [0.5, 0.6) is 5.75 Å². The first kappa shape index (κ1) is 17.3. The Morgan fingerprint density at radius 3 is 2.60 bits per heavy atom. The van der Waals surface area contributed by atoms with E-state index < -0.39 is 18.9 Å². The van der Waals surface area contributed by atoms with Crippen molar-refractivity contribution in [1.82, 2.24) is 0 Å². The molecule has 20 heavy (non-hydrogen) atoms. The third-order valence-corrected chi connectivity index (χ3v) is 2.88.